The molecule has 25 heavy (non-hydrogen) atoms. The van der Waals surface area contributed by atoms with Crippen LogP contribution in [0.1, 0.15) is 42.1 Å². The minimum atomic E-state index is 0.0134. The van der Waals surface area contributed by atoms with Crippen molar-refractivity contribution in [3.63, 3.8) is 0 Å². The van der Waals surface area contributed by atoms with E-state index in [1.54, 1.807) is 21.8 Å². The predicted molar refractivity (Wildman–Crippen MR) is 99.2 cm³/mol. The number of piperidine rings is 1. The first-order valence-corrected chi connectivity index (χ1v) is 9.68. The van der Waals surface area contributed by atoms with Gasteiger partial charge in [-0.05, 0) is 33.2 Å². The zero-order chi connectivity index (χ0) is 17.4. The molecule has 1 saturated heterocycles. The lowest BCUT2D eigenvalue weighted by atomic mass is 9.97. The lowest BCUT2D eigenvalue weighted by Gasteiger charge is -2.32. The molecule has 0 amide bonds. The summed E-state index contributed by atoms with van der Waals surface area (Å²) in [6.07, 6.45) is 8.14. The van der Waals surface area contributed by atoms with Crippen molar-refractivity contribution < 1.29 is 0 Å². The predicted octanol–water partition coefficient (Wildman–Crippen LogP) is 2.66. The van der Waals surface area contributed by atoms with Gasteiger partial charge in [-0.25, -0.2) is 9.97 Å². The molecule has 1 aliphatic rings. The van der Waals surface area contributed by atoms with E-state index in [0.717, 1.165) is 48.1 Å². The quantitative estimate of drug-likeness (QED) is 0.720. The normalized spacial score (nSPS) is 18.9. The van der Waals surface area contributed by atoms with E-state index >= 15 is 0 Å². The van der Waals surface area contributed by atoms with Gasteiger partial charge in [-0.1, -0.05) is 0 Å². The first-order chi connectivity index (χ1) is 12.1. The van der Waals surface area contributed by atoms with E-state index in [2.05, 4.69) is 27.6 Å². The van der Waals surface area contributed by atoms with Crippen LogP contribution in [-0.4, -0.2) is 36.9 Å². The Morgan fingerprint density at radius 1 is 1.40 bits per heavy atom. The van der Waals surface area contributed by atoms with Gasteiger partial charge in [0.1, 0.15) is 5.82 Å². The number of hydrogen-bond donors (Lipinski definition) is 0. The molecule has 0 saturated carbocycles. The SMILES string of the molecule is CCn1ccnc1C1CCCN(Cc2cc(=O)n3cc(C)sc3n2)C1. The van der Waals surface area contributed by atoms with E-state index in [1.807, 2.05) is 19.3 Å². The lowest BCUT2D eigenvalue weighted by molar-refractivity contribution is 0.193. The van der Waals surface area contributed by atoms with Gasteiger partial charge in [0, 0.05) is 55.1 Å². The number of nitrogens with zero attached hydrogens (tertiary/aromatic N) is 5. The monoisotopic (exact) mass is 357 g/mol. The third kappa shape index (κ3) is 3.26. The zero-order valence-corrected chi connectivity index (χ0v) is 15.5. The van der Waals surface area contributed by atoms with E-state index in [-0.39, 0.29) is 5.56 Å². The van der Waals surface area contributed by atoms with Crippen LogP contribution in [0.3, 0.4) is 0 Å². The maximum Gasteiger partial charge on any atom is 0.258 e. The second kappa shape index (κ2) is 6.72. The van der Waals surface area contributed by atoms with Crippen LogP contribution in [0.2, 0.25) is 0 Å². The molecule has 132 valence electrons. The van der Waals surface area contributed by atoms with Crippen LogP contribution in [0.4, 0.5) is 0 Å². The highest BCUT2D eigenvalue weighted by Crippen LogP contribution is 2.26. The molecular weight excluding hydrogens is 334 g/mol. The number of aryl methyl sites for hydroxylation is 2. The van der Waals surface area contributed by atoms with Crippen LogP contribution in [0.5, 0.6) is 0 Å². The van der Waals surface area contributed by atoms with Crippen LogP contribution in [-0.2, 0) is 13.1 Å². The van der Waals surface area contributed by atoms with Crippen LogP contribution in [0.15, 0.2) is 29.5 Å². The Labute approximate surface area is 150 Å². The molecule has 4 heterocycles. The van der Waals surface area contributed by atoms with E-state index in [9.17, 15) is 4.79 Å². The third-order valence-corrected chi connectivity index (χ3v) is 5.78. The molecule has 1 fully saturated rings. The van der Waals surface area contributed by atoms with Crippen molar-refractivity contribution in [2.24, 2.45) is 0 Å². The minimum absolute atomic E-state index is 0.0134. The standard InChI is InChI=1S/C18H23N5OS/c1-3-22-8-6-19-17(22)14-5-4-7-21(11-14)12-15-9-16(24)23-10-13(2)25-18(23)20-15/h6,8-10,14H,3-5,7,11-12H2,1-2H3. The molecule has 1 atom stereocenters. The first-order valence-electron chi connectivity index (χ1n) is 8.86. The second-order valence-corrected chi connectivity index (χ2v) is 7.94. The Hall–Kier alpha value is -1.99. The number of thiazole rings is 1. The molecule has 1 unspecified atom stereocenters. The van der Waals surface area contributed by atoms with Crippen molar-refractivity contribution >= 4 is 16.3 Å². The van der Waals surface area contributed by atoms with E-state index in [4.69, 9.17) is 4.98 Å². The maximum absolute atomic E-state index is 12.3. The molecule has 1 aliphatic heterocycles. The summed E-state index contributed by atoms with van der Waals surface area (Å²) in [4.78, 5) is 25.9. The summed E-state index contributed by atoms with van der Waals surface area (Å²) in [7, 11) is 0. The summed E-state index contributed by atoms with van der Waals surface area (Å²) >= 11 is 1.57. The van der Waals surface area contributed by atoms with Crippen LogP contribution in [0, 0.1) is 6.92 Å². The third-order valence-electron chi connectivity index (χ3n) is 4.88. The number of rotatable bonds is 4. The average Bonchev–Trinajstić information content (AvgIpc) is 3.21. The Balaban J connectivity index is 1.53. The highest BCUT2D eigenvalue weighted by atomic mass is 32.1. The topological polar surface area (TPSA) is 55.4 Å². The second-order valence-electron chi connectivity index (χ2n) is 6.73. The summed E-state index contributed by atoms with van der Waals surface area (Å²) in [5.74, 6) is 1.64. The summed E-state index contributed by atoms with van der Waals surface area (Å²) < 4.78 is 3.87. The summed E-state index contributed by atoms with van der Waals surface area (Å²) in [5, 5.41) is 0. The highest BCUT2D eigenvalue weighted by Gasteiger charge is 2.25. The smallest absolute Gasteiger partial charge is 0.258 e. The largest absolute Gasteiger partial charge is 0.335 e. The molecule has 3 aromatic rings. The van der Waals surface area contributed by atoms with Crippen molar-refractivity contribution in [1.82, 2.24) is 23.8 Å². The zero-order valence-electron chi connectivity index (χ0n) is 14.7. The van der Waals surface area contributed by atoms with Crippen LogP contribution in [0.25, 0.3) is 4.96 Å². The van der Waals surface area contributed by atoms with Gasteiger partial charge in [-0.2, -0.15) is 0 Å². The first kappa shape index (κ1) is 16.5. The van der Waals surface area contributed by atoms with Gasteiger partial charge in [0.25, 0.3) is 5.56 Å². The van der Waals surface area contributed by atoms with Gasteiger partial charge in [0.05, 0.1) is 5.69 Å². The van der Waals surface area contributed by atoms with Gasteiger partial charge < -0.3 is 4.57 Å². The highest BCUT2D eigenvalue weighted by molar-refractivity contribution is 7.16. The number of likely N-dealkylation sites (tertiary alicyclic amines) is 1. The van der Waals surface area contributed by atoms with Gasteiger partial charge >= 0.3 is 0 Å². The molecule has 0 aromatic carbocycles. The molecule has 6 nitrogen and oxygen atoms in total. The molecule has 0 radical (unpaired) electrons. The fraction of sp³-hybridized carbons (Fsp3) is 0.500. The van der Waals surface area contributed by atoms with Crippen molar-refractivity contribution in [1.29, 1.82) is 0 Å². The Bertz CT molecular complexity index is 940. The van der Waals surface area contributed by atoms with Gasteiger partial charge in [0.2, 0.25) is 0 Å². The van der Waals surface area contributed by atoms with Crippen molar-refractivity contribution in [3.05, 3.63) is 51.4 Å². The number of imidazole rings is 1. The van der Waals surface area contributed by atoms with Crippen LogP contribution >= 0.6 is 11.3 Å². The maximum atomic E-state index is 12.3. The molecule has 0 bridgehead atoms. The lowest BCUT2D eigenvalue weighted by Crippen LogP contribution is -2.35. The van der Waals surface area contributed by atoms with Gasteiger partial charge in [-0.15, -0.1) is 11.3 Å². The fourth-order valence-corrected chi connectivity index (χ4v) is 4.58. The van der Waals surface area contributed by atoms with Crippen molar-refractivity contribution in [3.8, 4) is 0 Å². The molecule has 7 heteroatoms. The number of fused-ring (bicyclic) bond motifs is 1. The fourth-order valence-electron chi connectivity index (χ4n) is 3.73. The Morgan fingerprint density at radius 3 is 3.12 bits per heavy atom. The van der Waals surface area contributed by atoms with Crippen molar-refractivity contribution in [2.45, 2.75) is 45.7 Å². The molecule has 0 aliphatic carbocycles. The Kier molecular flexibility index (Phi) is 4.43. The van der Waals surface area contributed by atoms with E-state index < -0.39 is 0 Å². The summed E-state index contributed by atoms with van der Waals surface area (Å²) in [6.45, 7) is 7.87. The minimum Gasteiger partial charge on any atom is -0.335 e. The number of aromatic nitrogens is 4. The van der Waals surface area contributed by atoms with E-state index in [1.165, 1.54) is 12.2 Å². The molecule has 0 N–H and O–H groups in total. The summed E-state index contributed by atoms with van der Waals surface area (Å²) in [5.41, 5.74) is 0.880. The molecule has 0 spiro atoms. The summed E-state index contributed by atoms with van der Waals surface area (Å²) in [6, 6.07) is 1.68. The molecule has 4 rings (SSSR count). The number of hydrogen-bond acceptors (Lipinski definition) is 5. The van der Waals surface area contributed by atoms with Crippen LogP contribution < -0.4 is 5.56 Å². The Morgan fingerprint density at radius 2 is 2.28 bits per heavy atom. The molecule has 3 aromatic heterocycles. The van der Waals surface area contributed by atoms with E-state index in [0.29, 0.717) is 5.92 Å². The van der Waals surface area contributed by atoms with Gasteiger partial charge in [0.15, 0.2) is 4.96 Å². The van der Waals surface area contributed by atoms with Crippen molar-refractivity contribution in [2.75, 3.05) is 13.1 Å². The van der Waals surface area contributed by atoms with Gasteiger partial charge in [-0.3, -0.25) is 14.1 Å². The molecular formula is C18H23N5OS. The average molecular weight is 357 g/mol.